The molecule has 0 saturated heterocycles. The third-order valence-corrected chi connectivity index (χ3v) is 2.00. The van der Waals surface area contributed by atoms with E-state index in [9.17, 15) is 4.79 Å². The molecular weight excluding hydrogens is 178 g/mol. The molecule has 1 aromatic heterocycles. The molecule has 0 aliphatic rings. The number of hydrogen-bond acceptors (Lipinski definition) is 3. The van der Waals surface area contributed by atoms with Gasteiger partial charge >= 0.3 is 5.63 Å². The van der Waals surface area contributed by atoms with Crippen molar-refractivity contribution in [2.75, 3.05) is 11.9 Å². The van der Waals surface area contributed by atoms with Crippen molar-refractivity contribution in [3.8, 4) is 0 Å². The van der Waals surface area contributed by atoms with Gasteiger partial charge in [0.05, 0.1) is 0 Å². The summed E-state index contributed by atoms with van der Waals surface area (Å²) >= 11 is 0. The first kappa shape index (κ1) is 8.81. The first-order valence-corrected chi connectivity index (χ1v) is 4.57. The van der Waals surface area contributed by atoms with Crippen molar-refractivity contribution < 1.29 is 4.42 Å². The molecule has 3 nitrogen and oxygen atoms in total. The predicted molar refractivity (Wildman–Crippen MR) is 56.6 cm³/mol. The van der Waals surface area contributed by atoms with Crippen LogP contribution < -0.4 is 10.9 Å². The number of anilines is 1. The van der Waals surface area contributed by atoms with E-state index < -0.39 is 0 Å². The Bertz CT molecular complexity index is 502. The standard InChI is InChI=1S/C11H11NO2/c1-2-12-9-4-5-10-8(7-9)3-6-11(13)14-10/h3-7,12H,2H2,1H3. The zero-order chi connectivity index (χ0) is 9.97. The van der Waals surface area contributed by atoms with E-state index in [0.29, 0.717) is 5.58 Å². The molecule has 0 saturated carbocycles. The van der Waals surface area contributed by atoms with Gasteiger partial charge in [-0.05, 0) is 31.2 Å². The van der Waals surface area contributed by atoms with E-state index >= 15 is 0 Å². The molecule has 1 N–H and O–H groups in total. The maximum atomic E-state index is 10.9. The highest BCUT2D eigenvalue weighted by Gasteiger charge is 1.97. The molecule has 0 unspecified atom stereocenters. The minimum atomic E-state index is -0.311. The Morgan fingerprint density at radius 1 is 1.29 bits per heavy atom. The van der Waals surface area contributed by atoms with Crippen LogP contribution in [-0.2, 0) is 0 Å². The average molecular weight is 189 g/mol. The zero-order valence-electron chi connectivity index (χ0n) is 7.91. The Morgan fingerprint density at radius 3 is 2.93 bits per heavy atom. The van der Waals surface area contributed by atoms with Crippen molar-refractivity contribution in [1.29, 1.82) is 0 Å². The molecule has 2 rings (SSSR count). The number of nitrogens with one attached hydrogen (secondary N) is 1. The first-order valence-electron chi connectivity index (χ1n) is 4.57. The Morgan fingerprint density at radius 2 is 2.14 bits per heavy atom. The Labute approximate surface area is 81.4 Å². The van der Waals surface area contributed by atoms with Crippen molar-refractivity contribution in [3.05, 3.63) is 40.8 Å². The van der Waals surface area contributed by atoms with Gasteiger partial charge in [0.25, 0.3) is 0 Å². The second-order valence-corrected chi connectivity index (χ2v) is 3.04. The van der Waals surface area contributed by atoms with Crippen molar-refractivity contribution in [2.45, 2.75) is 6.92 Å². The van der Waals surface area contributed by atoms with Crippen LogP contribution in [0.2, 0.25) is 0 Å². The Hall–Kier alpha value is -1.77. The van der Waals surface area contributed by atoms with Gasteiger partial charge in [-0.25, -0.2) is 4.79 Å². The Kier molecular flexibility index (Phi) is 2.23. The van der Waals surface area contributed by atoms with E-state index in [2.05, 4.69) is 5.32 Å². The maximum absolute atomic E-state index is 10.9. The summed E-state index contributed by atoms with van der Waals surface area (Å²) in [6, 6.07) is 8.85. The summed E-state index contributed by atoms with van der Waals surface area (Å²) < 4.78 is 5.01. The molecule has 0 aliphatic carbocycles. The van der Waals surface area contributed by atoms with Crippen LogP contribution >= 0.6 is 0 Å². The number of benzene rings is 1. The molecule has 2 aromatic rings. The first-order chi connectivity index (χ1) is 6.79. The second-order valence-electron chi connectivity index (χ2n) is 3.04. The summed E-state index contributed by atoms with van der Waals surface area (Å²) in [5.74, 6) is 0. The van der Waals surface area contributed by atoms with E-state index in [1.54, 1.807) is 12.1 Å². The molecule has 14 heavy (non-hydrogen) atoms. The normalized spacial score (nSPS) is 10.4. The highest BCUT2D eigenvalue weighted by atomic mass is 16.4. The van der Waals surface area contributed by atoms with Crippen LogP contribution in [-0.4, -0.2) is 6.54 Å². The number of hydrogen-bond donors (Lipinski definition) is 1. The third kappa shape index (κ3) is 1.62. The van der Waals surface area contributed by atoms with Crippen LogP contribution in [0.5, 0.6) is 0 Å². The molecule has 1 aromatic carbocycles. The highest BCUT2D eigenvalue weighted by molar-refractivity contribution is 5.80. The third-order valence-electron chi connectivity index (χ3n) is 2.00. The van der Waals surface area contributed by atoms with Crippen molar-refractivity contribution in [2.24, 2.45) is 0 Å². The Balaban J connectivity index is 2.56. The lowest BCUT2D eigenvalue weighted by Gasteiger charge is -2.03. The fraction of sp³-hybridized carbons (Fsp3) is 0.182. The zero-order valence-corrected chi connectivity index (χ0v) is 7.91. The molecule has 0 aliphatic heterocycles. The van der Waals surface area contributed by atoms with Crippen molar-refractivity contribution >= 4 is 16.7 Å². The molecular formula is C11H11NO2. The van der Waals surface area contributed by atoms with Crippen molar-refractivity contribution in [1.82, 2.24) is 0 Å². The van der Waals surface area contributed by atoms with Crippen LogP contribution in [0.25, 0.3) is 11.0 Å². The highest BCUT2D eigenvalue weighted by Crippen LogP contribution is 2.17. The van der Waals surface area contributed by atoms with Crippen LogP contribution in [0.3, 0.4) is 0 Å². The number of rotatable bonds is 2. The van der Waals surface area contributed by atoms with Gasteiger partial charge < -0.3 is 9.73 Å². The summed E-state index contributed by atoms with van der Waals surface area (Å²) in [5.41, 5.74) is 1.35. The van der Waals surface area contributed by atoms with Crippen LogP contribution in [0, 0.1) is 0 Å². The van der Waals surface area contributed by atoms with Crippen molar-refractivity contribution in [3.63, 3.8) is 0 Å². The summed E-state index contributed by atoms with van der Waals surface area (Å²) in [7, 11) is 0. The van der Waals surface area contributed by atoms with Gasteiger partial charge in [0.1, 0.15) is 5.58 Å². The van der Waals surface area contributed by atoms with E-state index in [4.69, 9.17) is 4.42 Å². The molecule has 0 bridgehead atoms. The van der Waals surface area contributed by atoms with E-state index in [0.717, 1.165) is 17.6 Å². The predicted octanol–water partition coefficient (Wildman–Crippen LogP) is 2.22. The van der Waals surface area contributed by atoms with Crippen LogP contribution in [0.4, 0.5) is 5.69 Å². The summed E-state index contributed by atoms with van der Waals surface area (Å²) in [6.45, 7) is 2.91. The number of fused-ring (bicyclic) bond motifs is 1. The molecule has 3 heteroatoms. The van der Waals surface area contributed by atoms with E-state index in [-0.39, 0.29) is 5.63 Å². The van der Waals surface area contributed by atoms with Gasteiger partial charge in [-0.1, -0.05) is 0 Å². The molecule has 72 valence electrons. The lowest BCUT2D eigenvalue weighted by Crippen LogP contribution is -1.97. The molecule has 0 amide bonds. The molecule has 0 fully saturated rings. The fourth-order valence-electron chi connectivity index (χ4n) is 1.39. The monoisotopic (exact) mass is 189 g/mol. The van der Waals surface area contributed by atoms with Gasteiger partial charge in [-0.3, -0.25) is 0 Å². The minimum absolute atomic E-state index is 0.311. The summed E-state index contributed by atoms with van der Waals surface area (Å²) in [6.07, 6.45) is 0. The molecule has 0 spiro atoms. The maximum Gasteiger partial charge on any atom is 0.336 e. The smallest absolute Gasteiger partial charge is 0.336 e. The lowest BCUT2D eigenvalue weighted by atomic mass is 10.2. The van der Waals surface area contributed by atoms with Gasteiger partial charge in [0, 0.05) is 23.7 Å². The average Bonchev–Trinajstić information content (AvgIpc) is 2.19. The van der Waals surface area contributed by atoms with Gasteiger partial charge in [-0.2, -0.15) is 0 Å². The van der Waals surface area contributed by atoms with Gasteiger partial charge in [0.15, 0.2) is 0 Å². The van der Waals surface area contributed by atoms with Gasteiger partial charge in [-0.15, -0.1) is 0 Å². The summed E-state index contributed by atoms with van der Waals surface area (Å²) in [5, 5.41) is 4.13. The van der Waals surface area contributed by atoms with Crippen LogP contribution in [0.1, 0.15) is 6.92 Å². The topological polar surface area (TPSA) is 42.2 Å². The molecule has 1 heterocycles. The lowest BCUT2D eigenvalue weighted by molar-refractivity contribution is 0.561. The van der Waals surface area contributed by atoms with E-state index in [1.807, 2.05) is 19.1 Å². The minimum Gasteiger partial charge on any atom is -0.423 e. The molecule has 0 atom stereocenters. The largest absolute Gasteiger partial charge is 0.423 e. The summed E-state index contributed by atoms with van der Waals surface area (Å²) in [4.78, 5) is 10.9. The van der Waals surface area contributed by atoms with Gasteiger partial charge in [0.2, 0.25) is 0 Å². The second kappa shape index (κ2) is 3.54. The quantitative estimate of drug-likeness (QED) is 0.736. The van der Waals surface area contributed by atoms with Crippen LogP contribution in [0.15, 0.2) is 39.5 Å². The fourth-order valence-corrected chi connectivity index (χ4v) is 1.39. The SMILES string of the molecule is CCNc1ccc2oc(=O)ccc2c1. The van der Waals surface area contributed by atoms with E-state index in [1.165, 1.54) is 6.07 Å². The molecule has 0 radical (unpaired) electrons.